The number of benzene rings is 1. The lowest BCUT2D eigenvalue weighted by atomic mass is 10.0. The number of halogens is 3. The predicted molar refractivity (Wildman–Crippen MR) is 62.7 cm³/mol. The lowest BCUT2D eigenvalue weighted by Crippen LogP contribution is -2.27. The molecule has 1 aromatic carbocycles. The Labute approximate surface area is 99.3 Å². The minimum absolute atomic E-state index is 0.0551. The second-order valence-electron chi connectivity index (χ2n) is 4.04. The lowest BCUT2D eigenvalue weighted by Gasteiger charge is -2.18. The van der Waals surface area contributed by atoms with Crippen LogP contribution in [0, 0.1) is 0 Å². The van der Waals surface area contributed by atoms with Crippen molar-refractivity contribution in [3.8, 4) is 0 Å². The van der Waals surface area contributed by atoms with Crippen molar-refractivity contribution < 1.29 is 13.2 Å². The molecule has 0 heterocycles. The molecule has 2 unspecified atom stereocenters. The first kappa shape index (κ1) is 13.8. The highest BCUT2D eigenvalue weighted by Gasteiger charge is 2.30. The number of rotatable bonds is 4. The van der Waals surface area contributed by atoms with Gasteiger partial charge in [0.15, 0.2) is 0 Å². The van der Waals surface area contributed by atoms with Gasteiger partial charge >= 0.3 is 6.18 Å². The fraction of sp³-hybridized carbons (Fsp3) is 0.385. The zero-order valence-corrected chi connectivity index (χ0v) is 9.88. The van der Waals surface area contributed by atoms with Gasteiger partial charge in [-0.1, -0.05) is 18.2 Å². The minimum Gasteiger partial charge on any atom is -0.304 e. The summed E-state index contributed by atoms with van der Waals surface area (Å²) in [6.07, 6.45) is -2.58. The van der Waals surface area contributed by atoms with Gasteiger partial charge in [0, 0.05) is 12.1 Å². The molecule has 0 bridgehead atoms. The first-order chi connectivity index (χ1) is 7.84. The van der Waals surface area contributed by atoms with Gasteiger partial charge in [-0.15, -0.1) is 6.58 Å². The summed E-state index contributed by atoms with van der Waals surface area (Å²) in [6, 6.07) is 5.27. The van der Waals surface area contributed by atoms with Gasteiger partial charge in [0.1, 0.15) is 0 Å². The largest absolute Gasteiger partial charge is 0.416 e. The second-order valence-corrected chi connectivity index (χ2v) is 4.04. The van der Waals surface area contributed by atoms with Crippen LogP contribution in [-0.2, 0) is 6.18 Å². The SMILES string of the molecule is C=CC(C)NC(C)c1cccc(C(F)(F)F)c1. The molecular formula is C13H16F3N. The average molecular weight is 243 g/mol. The third kappa shape index (κ3) is 3.89. The highest BCUT2D eigenvalue weighted by Crippen LogP contribution is 2.30. The van der Waals surface area contributed by atoms with E-state index in [4.69, 9.17) is 0 Å². The van der Waals surface area contributed by atoms with E-state index in [0.29, 0.717) is 5.56 Å². The molecule has 2 atom stereocenters. The van der Waals surface area contributed by atoms with Gasteiger partial charge in [0.05, 0.1) is 5.56 Å². The maximum Gasteiger partial charge on any atom is 0.416 e. The fourth-order valence-electron chi connectivity index (χ4n) is 1.54. The van der Waals surface area contributed by atoms with E-state index in [0.717, 1.165) is 6.07 Å². The van der Waals surface area contributed by atoms with Crippen molar-refractivity contribution in [3.63, 3.8) is 0 Å². The summed E-state index contributed by atoms with van der Waals surface area (Å²) < 4.78 is 37.6. The van der Waals surface area contributed by atoms with Gasteiger partial charge in [-0.3, -0.25) is 0 Å². The molecular weight excluding hydrogens is 227 g/mol. The summed E-state index contributed by atoms with van der Waals surface area (Å²) in [5.41, 5.74) is 0.00318. The number of hydrogen-bond acceptors (Lipinski definition) is 1. The molecule has 0 spiro atoms. The average Bonchev–Trinajstić information content (AvgIpc) is 2.28. The first-order valence-corrected chi connectivity index (χ1v) is 5.40. The predicted octanol–water partition coefficient (Wildman–Crippen LogP) is 3.93. The quantitative estimate of drug-likeness (QED) is 0.790. The Bertz CT molecular complexity index is 384. The molecule has 0 fully saturated rings. The van der Waals surface area contributed by atoms with Gasteiger partial charge < -0.3 is 5.32 Å². The van der Waals surface area contributed by atoms with Crippen LogP contribution in [0.25, 0.3) is 0 Å². The van der Waals surface area contributed by atoms with Crippen LogP contribution in [0.15, 0.2) is 36.9 Å². The first-order valence-electron chi connectivity index (χ1n) is 5.40. The van der Waals surface area contributed by atoms with Gasteiger partial charge in [0.2, 0.25) is 0 Å². The van der Waals surface area contributed by atoms with Crippen molar-refractivity contribution >= 4 is 0 Å². The topological polar surface area (TPSA) is 12.0 Å². The van der Waals surface area contributed by atoms with E-state index in [9.17, 15) is 13.2 Å². The summed E-state index contributed by atoms with van der Waals surface area (Å²) in [7, 11) is 0. The third-order valence-corrected chi connectivity index (χ3v) is 2.58. The van der Waals surface area contributed by atoms with Gasteiger partial charge in [0.25, 0.3) is 0 Å². The Hall–Kier alpha value is -1.29. The Morgan fingerprint density at radius 2 is 1.94 bits per heavy atom. The second kappa shape index (κ2) is 5.36. The molecule has 0 aliphatic carbocycles. The molecule has 1 N–H and O–H groups in total. The zero-order valence-electron chi connectivity index (χ0n) is 9.88. The van der Waals surface area contributed by atoms with E-state index in [-0.39, 0.29) is 12.1 Å². The van der Waals surface area contributed by atoms with Crippen molar-refractivity contribution in [3.05, 3.63) is 48.0 Å². The Kier molecular flexibility index (Phi) is 4.34. The standard InChI is InChI=1S/C13H16F3N/c1-4-9(2)17-10(3)11-6-5-7-12(8-11)13(14,15)16/h4-10,17H,1H2,2-3H3. The molecule has 94 valence electrons. The summed E-state index contributed by atoms with van der Waals surface area (Å²) in [5.74, 6) is 0. The number of alkyl halides is 3. The normalized spacial score (nSPS) is 15.4. The van der Waals surface area contributed by atoms with Crippen molar-refractivity contribution in [2.75, 3.05) is 0 Å². The molecule has 0 aliphatic rings. The minimum atomic E-state index is -4.29. The van der Waals surface area contributed by atoms with Gasteiger partial charge in [-0.25, -0.2) is 0 Å². The molecule has 0 aliphatic heterocycles. The van der Waals surface area contributed by atoms with Crippen molar-refractivity contribution in [2.45, 2.75) is 32.1 Å². The number of hydrogen-bond donors (Lipinski definition) is 1. The molecule has 0 aromatic heterocycles. The van der Waals surface area contributed by atoms with Crippen LogP contribution < -0.4 is 5.32 Å². The van der Waals surface area contributed by atoms with Crippen LogP contribution in [0.3, 0.4) is 0 Å². The molecule has 0 saturated heterocycles. The number of nitrogens with one attached hydrogen (secondary N) is 1. The van der Waals surface area contributed by atoms with Crippen LogP contribution in [0.5, 0.6) is 0 Å². The summed E-state index contributed by atoms with van der Waals surface area (Å²) in [6.45, 7) is 7.35. The summed E-state index contributed by atoms with van der Waals surface area (Å²) in [5, 5.41) is 3.14. The van der Waals surface area contributed by atoms with E-state index in [2.05, 4.69) is 11.9 Å². The van der Waals surface area contributed by atoms with Crippen LogP contribution in [-0.4, -0.2) is 6.04 Å². The van der Waals surface area contributed by atoms with E-state index >= 15 is 0 Å². The van der Waals surface area contributed by atoms with Gasteiger partial charge in [-0.2, -0.15) is 13.2 Å². The summed E-state index contributed by atoms with van der Waals surface area (Å²) >= 11 is 0. The van der Waals surface area contributed by atoms with Gasteiger partial charge in [-0.05, 0) is 31.5 Å². The van der Waals surface area contributed by atoms with Crippen molar-refractivity contribution in [1.29, 1.82) is 0 Å². The van der Waals surface area contributed by atoms with Crippen molar-refractivity contribution in [1.82, 2.24) is 5.32 Å². The third-order valence-electron chi connectivity index (χ3n) is 2.58. The smallest absolute Gasteiger partial charge is 0.304 e. The van der Waals surface area contributed by atoms with Crippen LogP contribution >= 0.6 is 0 Å². The molecule has 17 heavy (non-hydrogen) atoms. The maximum absolute atomic E-state index is 12.5. The molecule has 1 aromatic rings. The Balaban J connectivity index is 2.88. The van der Waals surface area contributed by atoms with Crippen LogP contribution in [0.4, 0.5) is 13.2 Å². The molecule has 4 heteroatoms. The maximum atomic E-state index is 12.5. The monoisotopic (exact) mass is 243 g/mol. The molecule has 0 radical (unpaired) electrons. The lowest BCUT2D eigenvalue weighted by molar-refractivity contribution is -0.137. The molecule has 0 saturated carbocycles. The van der Waals surface area contributed by atoms with E-state index in [1.807, 2.05) is 13.8 Å². The van der Waals surface area contributed by atoms with Crippen molar-refractivity contribution in [2.24, 2.45) is 0 Å². The molecule has 0 amide bonds. The summed E-state index contributed by atoms with van der Waals surface area (Å²) in [4.78, 5) is 0. The highest BCUT2D eigenvalue weighted by molar-refractivity contribution is 5.27. The van der Waals surface area contributed by atoms with Crippen LogP contribution in [0.2, 0.25) is 0 Å². The Morgan fingerprint density at radius 3 is 2.47 bits per heavy atom. The molecule has 1 rings (SSSR count). The van der Waals surface area contributed by atoms with E-state index < -0.39 is 11.7 Å². The molecule has 1 nitrogen and oxygen atoms in total. The zero-order chi connectivity index (χ0) is 13.1. The highest BCUT2D eigenvalue weighted by atomic mass is 19.4. The Morgan fingerprint density at radius 1 is 1.29 bits per heavy atom. The van der Waals surface area contributed by atoms with E-state index in [1.54, 1.807) is 12.1 Å². The van der Waals surface area contributed by atoms with Crippen LogP contribution in [0.1, 0.15) is 31.0 Å². The fourth-order valence-corrected chi connectivity index (χ4v) is 1.54. The van der Waals surface area contributed by atoms with E-state index in [1.165, 1.54) is 12.1 Å².